The second kappa shape index (κ2) is 8.52. The lowest BCUT2D eigenvalue weighted by Gasteiger charge is -2.37. The maximum atomic E-state index is 12.8. The van der Waals surface area contributed by atoms with Crippen LogP contribution >= 0.6 is 0 Å². The Morgan fingerprint density at radius 1 is 1.13 bits per heavy atom. The van der Waals surface area contributed by atoms with Crippen LogP contribution in [0.2, 0.25) is 0 Å². The summed E-state index contributed by atoms with van der Waals surface area (Å²) in [5.74, 6) is -0.273. The normalized spacial score (nSPS) is 16.8. The summed E-state index contributed by atoms with van der Waals surface area (Å²) >= 11 is 0. The Kier molecular flexibility index (Phi) is 5.79. The summed E-state index contributed by atoms with van der Waals surface area (Å²) in [7, 11) is 0. The number of alkyl halides is 3. The summed E-state index contributed by atoms with van der Waals surface area (Å²) in [6, 6.07) is 10.3. The van der Waals surface area contributed by atoms with Gasteiger partial charge in [-0.25, -0.2) is 4.98 Å². The highest BCUT2D eigenvalue weighted by Gasteiger charge is 2.30. The number of nitrogens with one attached hydrogen (secondary N) is 1. The summed E-state index contributed by atoms with van der Waals surface area (Å²) in [4.78, 5) is 23.1. The van der Waals surface area contributed by atoms with Crippen LogP contribution in [0.4, 0.5) is 13.2 Å². The van der Waals surface area contributed by atoms with Crippen molar-refractivity contribution in [1.29, 1.82) is 0 Å². The second-order valence-corrected chi connectivity index (χ2v) is 7.37. The Morgan fingerprint density at radius 3 is 2.65 bits per heavy atom. The van der Waals surface area contributed by atoms with E-state index in [1.54, 1.807) is 11.2 Å². The number of nitrogens with zero attached hydrogens (tertiary/aromatic N) is 3. The van der Waals surface area contributed by atoms with Gasteiger partial charge in [-0.1, -0.05) is 18.2 Å². The van der Waals surface area contributed by atoms with Gasteiger partial charge in [0.2, 0.25) is 5.91 Å². The van der Waals surface area contributed by atoms with Crippen molar-refractivity contribution < 1.29 is 23.1 Å². The van der Waals surface area contributed by atoms with E-state index in [1.807, 2.05) is 23.1 Å². The lowest BCUT2D eigenvalue weighted by atomic mass is 10.1. The number of imidazole rings is 1. The first-order chi connectivity index (χ1) is 14.8. The fraction of sp³-hybridized carbons (Fsp3) is 0.273. The topological polar surface area (TPSA) is 72.5 Å². The largest absolute Gasteiger partial charge is 0.416 e. The molecule has 1 aliphatic heterocycles. The third-order valence-electron chi connectivity index (χ3n) is 5.35. The van der Waals surface area contributed by atoms with Crippen LogP contribution in [0, 0.1) is 0 Å². The van der Waals surface area contributed by atoms with E-state index in [4.69, 9.17) is 0 Å². The van der Waals surface area contributed by atoms with Crippen LogP contribution in [0.5, 0.6) is 0 Å². The number of H-pyrrole nitrogens is 1. The maximum absolute atomic E-state index is 12.8. The number of carbonyl (C=O) groups excluding carboxylic acids is 1. The third kappa shape index (κ3) is 4.78. The average molecular weight is 430 g/mol. The summed E-state index contributed by atoms with van der Waals surface area (Å²) in [5.41, 5.74) is 1.95. The van der Waals surface area contributed by atoms with Gasteiger partial charge in [-0.3, -0.25) is 9.69 Å². The fourth-order valence-corrected chi connectivity index (χ4v) is 3.60. The van der Waals surface area contributed by atoms with Gasteiger partial charge in [0, 0.05) is 32.3 Å². The molecule has 2 N–H and O–H groups in total. The Balaban J connectivity index is 1.35. The molecule has 4 rings (SSSR count). The van der Waals surface area contributed by atoms with Gasteiger partial charge >= 0.3 is 6.18 Å². The number of fused-ring (bicyclic) bond motifs is 1. The number of aliphatic hydroxyl groups excluding tert-OH is 1. The van der Waals surface area contributed by atoms with Crippen molar-refractivity contribution in [2.75, 3.05) is 26.2 Å². The highest BCUT2D eigenvalue weighted by molar-refractivity contribution is 5.91. The van der Waals surface area contributed by atoms with Crippen molar-refractivity contribution >= 4 is 23.0 Å². The number of aromatic amines is 1. The Bertz CT molecular complexity index is 1100. The smallest absolute Gasteiger partial charge is 0.374 e. The van der Waals surface area contributed by atoms with E-state index in [-0.39, 0.29) is 5.91 Å². The number of aliphatic hydroxyl groups is 1. The van der Waals surface area contributed by atoms with Gasteiger partial charge < -0.3 is 15.0 Å². The number of halogens is 3. The number of benzene rings is 2. The first-order valence-corrected chi connectivity index (χ1v) is 9.81. The van der Waals surface area contributed by atoms with Crippen LogP contribution in [0.15, 0.2) is 54.9 Å². The minimum Gasteiger partial charge on any atom is -0.374 e. The molecule has 162 valence electrons. The summed E-state index contributed by atoms with van der Waals surface area (Å²) in [6.45, 7) is 1.78. The monoisotopic (exact) mass is 430 g/mol. The van der Waals surface area contributed by atoms with Crippen LogP contribution in [-0.4, -0.2) is 57.0 Å². The van der Waals surface area contributed by atoms with Gasteiger partial charge in [-0.2, -0.15) is 13.2 Å². The lowest BCUT2D eigenvalue weighted by Crippen LogP contribution is -2.49. The number of hydrogen-bond acceptors (Lipinski definition) is 4. The number of amides is 1. The molecule has 2 heterocycles. The van der Waals surface area contributed by atoms with Crippen LogP contribution in [0.1, 0.15) is 22.9 Å². The number of piperazine rings is 1. The summed E-state index contributed by atoms with van der Waals surface area (Å²) in [5, 5.41) is 10.7. The van der Waals surface area contributed by atoms with E-state index in [1.165, 1.54) is 24.3 Å². The molecule has 1 amide bonds. The summed E-state index contributed by atoms with van der Waals surface area (Å²) < 4.78 is 38.4. The molecule has 1 fully saturated rings. The first-order valence-electron chi connectivity index (χ1n) is 9.81. The molecular formula is C22H21F3N4O2. The van der Waals surface area contributed by atoms with E-state index in [2.05, 4.69) is 9.97 Å². The molecule has 0 spiro atoms. The van der Waals surface area contributed by atoms with E-state index in [0.29, 0.717) is 31.7 Å². The van der Waals surface area contributed by atoms with E-state index < -0.39 is 18.0 Å². The molecule has 1 saturated heterocycles. The van der Waals surface area contributed by atoms with E-state index >= 15 is 0 Å². The number of aromatic nitrogens is 2. The van der Waals surface area contributed by atoms with Crippen molar-refractivity contribution in [1.82, 2.24) is 19.8 Å². The van der Waals surface area contributed by atoms with Gasteiger partial charge in [0.25, 0.3) is 0 Å². The van der Waals surface area contributed by atoms with Gasteiger partial charge in [-0.05, 0) is 41.5 Å². The Hall–Kier alpha value is -3.17. The number of carbonyl (C=O) groups is 1. The molecule has 3 aromatic rings. The van der Waals surface area contributed by atoms with Gasteiger partial charge in [-0.15, -0.1) is 0 Å². The Labute approximate surface area is 176 Å². The van der Waals surface area contributed by atoms with Crippen molar-refractivity contribution in [3.05, 3.63) is 71.6 Å². The van der Waals surface area contributed by atoms with E-state index in [0.717, 1.165) is 28.7 Å². The van der Waals surface area contributed by atoms with Crippen LogP contribution < -0.4 is 0 Å². The zero-order valence-corrected chi connectivity index (χ0v) is 16.5. The molecular weight excluding hydrogens is 409 g/mol. The first kappa shape index (κ1) is 21.1. The minimum absolute atomic E-state index is 0.273. The minimum atomic E-state index is -4.42. The number of rotatable bonds is 4. The van der Waals surface area contributed by atoms with E-state index in [9.17, 15) is 23.1 Å². The number of hydrogen-bond donors (Lipinski definition) is 2. The molecule has 9 heteroatoms. The molecule has 1 aliphatic rings. The van der Waals surface area contributed by atoms with Crippen LogP contribution in [-0.2, 0) is 11.0 Å². The van der Waals surface area contributed by atoms with Crippen molar-refractivity contribution in [2.45, 2.75) is 12.4 Å². The maximum Gasteiger partial charge on any atom is 0.416 e. The zero-order valence-electron chi connectivity index (χ0n) is 16.5. The molecule has 1 unspecified atom stereocenters. The van der Waals surface area contributed by atoms with Crippen molar-refractivity contribution in [2.24, 2.45) is 0 Å². The standard InChI is InChI=1S/C22H21F3N4O2/c23-22(24,25)17-3-1-2-15(12-17)4-7-20(30)28-8-10-29(11-9-28)21(31)16-5-6-18-19(13-16)27-14-26-18/h1-7,12-14,21,31H,8-11H2,(H,26,27)/b7-4+. The molecule has 31 heavy (non-hydrogen) atoms. The third-order valence-corrected chi connectivity index (χ3v) is 5.35. The molecule has 1 aromatic heterocycles. The van der Waals surface area contributed by atoms with Crippen LogP contribution in [0.25, 0.3) is 17.1 Å². The summed E-state index contributed by atoms with van der Waals surface area (Å²) in [6.07, 6.45) is -0.956. The zero-order chi connectivity index (χ0) is 22.0. The molecule has 6 nitrogen and oxygen atoms in total. The van der Waals surface area contributed by atoms with Crippen molar-refractivity contribution in [3.63, 3.8) is 0 Å². The molecule has 0 aliphatic carbocycles. The molecule has 2 aromatic carbocycles. The predicted molar refractivity (Wildman–Crippen MR) is 110 cm³/mol. The molecule has 1 atom stereocenters. The average Bonchev–Trinajstić information content (AvgIpc) is 3.24. The predicted octanol–water partition coefficient (Wildman–Crippen LogP) is 3.43. The van der Waals surface area contributed by atoms with Crippen LogP contribution in [0.3, 0.4) is 0 Å². The van der Waals surface area contributed by atoms with Crippen molar-refractivity contribution in [3.8, 4) is 0 Å². The van der Waals surface area contributed by atoms with Gasteiger partial charge in [0.1, 0.15) is 6.23 Å². The highest BCUT2D eigenvalue weighted by atomic mass is 19.4. The second-order valence-electron chi connectivity index (χ2n) is 7.37. The lowest BCUT2D eigenvalue weighted by molar-refractivity contribution is -0.137. The quantitative estimate of drug-likeness (QED) is 0.622. The SMILES string of the molecule is O=C(/C=C/c1cccc(C(F)(F)F)c1)N1CCN(C(O)c2ccc3nc[nH]c3c2)CC1. The Morgan fingerprint density at radius 2 is 1.90 bits per heavy atom. The molecule has 0 radical (unpaired) electrons. The molecule has 0 bridgehead atoms. The van der Waals surface area contributed by atoms with Gasteiger partial charge in [0.05, 0.1) is 22.9 Å². The fourth-order valence-electron chi connectivity index (χ4n) is 3.60. The van der Waals surface area contributed by atoms with Gasteiger partial charge in [0.15, 0.2) is 0 Å². The highest BCUT2D eigenvalue weighted by Crippen LogP contribution is 2.29. The molecule has 0 saturated carbocycles.